The second kappa shape index (κ2) is 8.78. The second-order valence-corrected chi connectivity index (χ2v) is 6.74. The number of thiazole rings is 1. The first-order valence-corrected chi connectivity index (χ1v) is 9.39. The smallest absolute Gasteiger partial charge is 0.252 e. The van der Waals surface area contributed by atoms with Gasteiger partial charge >= 0.3 is 0 Å². The van der Waals surface area contributed by atoms with Gasteiger partial charge in [0, 0.05) is 13.2 Å². The van der Waals surface area contributed by atoms with Crippen LogP contribution in [-0.2, 0) is 22.5 Å². The van der Waals surface area contributed by atoms with Crippen LogP contribution in [0.1, 0.15) is 12.5 Å². The number of carbonyl (C=O) groups is 1. The van der Waals surface area contributed by atoms with Gasteiger partial charge in [-0.1, -0.05) is 35.6 Å². The lowest BCUT2D eigenvalue weighted by Gasteiger charge is -2.05. The Kier molecular flexibility index (Phi) is 6.20. The molecule has 5 nitrogen and oxygen atoms in total. The zero-order valence-electron chi connectivity index (χ0n) is 15.0. The summed E-state index contributed by atoms with van der Waals surface area (Å²) in [6, 6.07) is 15.6. The minimum absolute atomic E-state index is 0.160. The van der Waals surface area contributed by atoms with Gasteiger partial charge in [0.15, 0.2) is 4.80 Å². The highest BCUT2D eigenvalue weighted by molar-refractivity contribution is 7.16. The van der Waals surface area contributed by atoms with Gasteiger partial charge in [-0.3, -0.25) is 4.79 Å². The summed E-state index contributed by atoms with van der Waals surface area (Å²) >= 11 is 1.53. The van der Waals surface area contributed by atoms with E-state index in [1.54, 1.807) is 7.11 Å². The molecule has 0 bridgehead atoms. The van der Waals surface area contributed by atoms with Gasteiger partial charge in [-0.2, -0.15) is 4.99 Å². The number of amides is 1. The summed E-state index contributed by atoms with van der Waals surface area (Å²) in [5, 5.41) is 0. The normalized spacial score (nSPS) is 11.8. The number of methoxy groups -OCH3 is 1. The van der Waals surface area contributed by atoms with E-state index in [2.05, 4.69) is 9.56 Å². The molecule has 0 aliphatic rings. The fourth-order valence-electron chi connectivity index (χ4n) is 2.69. The molecule has 6 heteroatoms. The minimum atomic E-state index is -0.160. The van der Waals surface area contributed by atoms with Crippen molar-refractivity contribution in [2.45, 2.75) is 19.9 Å². The molecule has 136 valence electrons. The number of aromatic nitrogens is 1. The third-order valence-corrected chi connectivity index (χ3v) is 5.05. The third-order valence-electron chi connectivity index (χ3n) is 3.99. The molecule has 0 unspecified atom stereocenters. The number of fused-ring (bicyclic) bond motifs is 1. The third kappa shape index (κ3) is 4.39. The maximum atomic E-state index is 12.5. The Labute approximate surface area is 156 Å². The van der Waals surface area contributed by atoms with E-state index in [-0.39, 0.29) is 12.3 Å². The monoisotopic (exact) mass is 370 g/mol. The molecule has 0 saturated carbocycles. The topological polar surface area (TPSA) is 52.8 Å². The van der Waals surface area contributed by atoms with Gasteiger partial charge in [0.25, 0.3) is 5.91 Å². The highest BCUT2D eigenvalue weighted by atomic mass is 32.1. The first-order chi connectivity index (χ1) is 12.7. The van der Waals surface area contributed by atoms with Crippen LogP contribution < -0.4 is 9.54 Å². The Bertz CT molecular complexity index is 942. The van der Waals surface area contributed by atoms with Crippen LogP contribution in [0.5, 0.6) is 5.75 Å². The molecular formula is C20H22N2O3S. The first-order valence-electron chi connectivity index (χ1n) is 8.58. The number of para-hydroxylation sites is 1. The molecule has 1 aromatic heterocycles. The number of carbonyl (C=O) groups excluding carboxylic acids is 1. The van der Waals surface area contributed by atoms with Crippen LogP contribution in [0.4, 0.5) is 0 Å². The zero-order valence-corrected chi connectivity index (χ0v) is 15.8. The van der Waals surface area contributed by atoms with Crippen LogP contribution in [0.2, 0.25) is 0 Å². The molecule has 0 aliphatic carbocycles. The summed E-state index contributed by atoms with van der Waals surface area (Å²) in [4.78, 5) is 17.5. The highest BCUT2D eigenvalue weighted by Gasteiger charge is 2.08. The van der Waals surface area contributed by atoms with E-state index in [1.807, 2.05) is 55.5 Å². The lowest BCUT2D eigenvalue weighted by molar-refractivity contribution is -0.117. The van der Waals surface area contributed by atoms with Crippen molar-refractivity contribution in [1.82, 2.24) is 4.57 Å². The lowest BCUT2D eigenvalue weighted by Crippen LogP contribution is -2.20. The van der Waals surface area contributed by atoms with E-state index in [0.29, 0.717) is 24.6 Å². The van der Waals surface area contributed by atoms with Crippen LogP contribution in [0.25, 0.3) is 10.2 Å². The fraction of sp³-hybridized carbons (Fsp3) is 0.300. The molecule has 0 N–H and O–H groups in total. The average Bonchev–Trinajstić information content (AvgIpc) is 3.00. The van der Waals surface area contributed by atoms with E-state index in [0.717, 1.165) is 21.5 Å². The summed E-state index contributed by atoms with van der Waals surface area (Å²) in [7, 11) is 1.62. The summed E-state index contributed by atoms with van der Waals surface area (Å²) in [5.74, 6) is 0.614. The number of ether oxygens (including phenoxy) is 2. The summed E-state index contributed by atoms with van der Waals surface area (Å²) in [6.07, 6.45) is 0.268. The molecule has 2 aromatic carbocycles. The highest BCUT2D eigenvalue weighted by Crippen LogP contribution is 2.17. The Hall–Kier alpha value is -2.44. The molecule has 0 saturated heterocycles. The van der Waals surface area contributed by atoms with Crippen molar-refractivity contribution in [2.75, 3.05) is 20.3 Å². The molecular weight excluding hydrogens is 348 g/mol. The Morgan fingerprint density at radius 2 is 1.92 bits per heavy atom. The van der Waals surface area contributed by atoms with Gasteiger partial charge in [0.1, 0.15) is 5.75 Å². The van der Waals surface area contributed by atoms with E-state index in [4.69, 9.17) is 9.47 Å². The second-order valence-electron chi connectivity index (χ2n) is 5.73. The van der Waals surface area contributed by atoms with Crippen molar-refractivity contribution < 1.29 is 14.3 Å². The Morgan fingerprint density at radius 1 is 1.15 bits per heavy atom. The SMILES string of the molecule is CCOCCn1c(=NC(=O)Cc2ccc(OC)cc2)sc2ccccc21. The predicted octanol–water partition coefficient (Wildman–Crippen LogP) is 3.42. The predicted molar refractivity (Wildman–Crippen MR) is 104 cm³/mol. The Balaban J connectivity index is 1.86. The zero-order chi connectivity index (χ0) is 18.4. The maximum absolute atomic E-state index is 12.5. The molecule has 0 spiro atoms. The van der Waals surface area contributed by atoms with Gasteiger partial charge in [-0.25, -0.2) is 0 Å². The standard InChI is InChI=1S/C20H22N2O3S/c1-3-25-13-12-22-17-6-4-5-7-18(17)26-20(22)21-19(23)14-15-8-10-16(24-2)11-9-15/h4-11H,3,12-14H2,1-2H3. The number of rotatable bonds is 7. The molecule has 0 radical (unpaired) electrons. The van der Waals surface area contributed by atoms with Gasteiger partial charge < -0.3 is 14.0 Å². The average molecular weight is 370 g/mol. The van der Waals surface area contributed by atoms with E-state index in [9.17, 15) is 4.79 Å². The fourth-order valence-corrected chi connectivity index (χ4v) is 3.76. The van der Waals surface area contributed by atoms with Crippen LogP contribution in [-0.4, -0.2) is 30.8 Å². The van der Waals surface area contributed by atoms with Crippen LogP contribution in [0.3, 0.4) is 0 Å². The molecule has 0 aliphatic heterocycles. The number of benzene rings is 2. The van der Waals surface area contributed by atoms with Crippen molar-refractivity contribution in [1.29, 1.82) is 0 Å². The lowest BCUT2D eigenvalue weighted by atomic mass is 10.1. The number of hydrogen-bond donors (Lipinski definition) is 0. The summed E-state index contributed by atoms with van der Waals surface area (Å²) in [5.41, 5.74) is 2.00. The van der Waals surface area contributed by atoms with Crippen LogP contribution >= 0.6 is 11.3 Å². The van der Waals surface area contributed by atoms with Crippen LogP contribution in [0, 0.1) is 0 Å². The van der Waals surface area contributed by atoms with E-state index in [1.165, 1.54) is 11.3 Å². The number of hydrogen-bond acceptors (Lipinski definition) is 4. The van der Waals surface area contributed by atoms with Crippen molar-refractivity contribution in [2.24, 2.45) is 4.99 Å². The van der Waals surface area contributed by atoms with Gasteiger partial charge in [0.05, 0.1) is 30.4 Å². The van der Waals surface area contributed by atoms with E-state index >= 15 is 0 Å². The largest absolute Gasteiger partial charge is 0.497 e. The van der Waals surface area contributed by atoms with Crippen molar-refractivity contribution >= 4 is 27.5 Å². The van der Waals surface area contributed by atoms with Gasteiger partial charge in [0.2, 0.25) is 0 Å². The molecule has 0 atom stereocenters. The molecule has 1 amide bonds. The summed E-state index contributed by atoms with van der Waals surface area (Å²) < 4.78 is 13.8. The maximum Gasteiger partial charge on any atom is 0.252 e. The van der Waals surface area contributed by atoms with Crippen molar-refractivity contribution in [3.8, 4) is 5.75 Å². The first kappa shape index (κ1) is 18.4. The molecule has 1 heterocycles. The van der Waals surface area contributed by atoms with Crippen LogP contribution in [0.15, 0.2) is 53.5 Å². The van der Waals surface area contributed by atoms with Gasteiger partial charge in [-0.15, -0.1) is 0 Å². The summed E-state index contributed by atoms with van der Waals surface area (Å²) in [6.45, 7) is 3.91. The van der Waals surface area contributed by atoms with E-state index < -0.39 is 0 Å². The molecule has 26 heavy (non-hydrogen) atoms. The number of nitrogens with zero attached hydrogens (tertiary/aromatic N) is 2. The van der Waals surface area contributed by atoms with Crippen molar-refractivity contribution in [3.63, 3.8) is 0 Å². The molecule has 3 aromatic rings. The molecule has 0 fully saturated rings. The Morgan fingerprint density at radius 3 is 2.65 bits per heavy atom. The quantitative estimate of drug-likeness (QED) is 0.599. The molecule has 3 rings (SSSR count). The van der Waals surface area contributed by atoms with Crippen molar-refractivity contribution in [3.05, 3.63) is 58.9 Å². The van der Waals surface area contributed by atoms with Gasteiger partial charge in [-0.05, 0) is 36.8 Å². The minimum Gasteiger partial charge on any atom is -0.497 e.